The van der Waals surface area contributed by atoms with Crippen molar-refractivity contribution < 1.29 is 9.84 Å². The van der Waals surface area contributed by atoms with Gasteiger partial charge < -0.3 is 9.84 Å². The van der Waals surface area contributed by atoms with Crippen LogP contribution in [0.2, 0.25) is 0 Å². The molecule has 0 saturated carbocycles. The molecule has 2 nitrogen and oxygen atoms in total. The van der Waals surface area contributed by atoms with Gasteiger partial charge in [-0.05, 0) is 26.3 Å². The first kappa shape index (κ1) is 7.61. The van der Waals surface area contributed by atoms with E-state index < -0.39 is 0 Å². The van der Waals surface area contributed by atoms with Gasteiger partial charge in [-0.15, -0.1) is 0 Å². The molecular formula is C8H14O2. The van der Waals surface area contributed by atoms with Gasteiger partial charge in [0.15, 0.2) is 0 Å². The molecule has 10 heavy (non-hydrogen) atoms. The predicted molar refractivity (Wildman–Crippen MR) is 39.6 cm³/mol. The molecule has 1 heterocycles. The highest BCUT2D eigenvalue weighted by Crippen LogP contribution is 2.32. The molecule has 2 heteroatoms. The van der Waals surface area contributed by atoms with Crippen molar-refractivity contribution in [1.29, 1.82) is 0 Å². The smallest absolute Gasteiger partial charge is 0.107 e. The number of hydrogen-bond acceptors (Lipinski definition) is 2. The first-order chi connectivity index (χ1) is 4.55. The second kappa shape index (κ2) is 2.27. The lowest BCUT2D eigenvalue weighted by Crippen LogP contribution is -2.17. The van der Waals surface area contributed by atoms with E-state index >= 15 is 0 Å². The first-order valence-corrected chi connectivity index (χ1v) is 3.54. The van der Waals surface area contributed by atoms with Gasteiger partial charge in [0.25, 0.3) is 0 Å². The Balaban J connectivity index is 2.68. The normalized spacial score (nSPS) is 23.2. The summed E-state index contributed by atoms with van der Waals surface area (Å²) in [6.45, 7) is 6.09. The maximum atomic E-state index is 8.83. The summed E-state index contributed by atoms with van der Waals surface area (Å²) >= 11 is 0. The average Bonchev–Trinajstić information content (AvgIpc) is 2.05. The molecule has 0 aromatic heterocycles. The van der Waals surface area contributed by atoms with Crippen molar-refractivity contribution in [2.24, 2.45) is 0 Å². The van der Waals surface area contributed by atoms with Gasteiger partial charge in [0.05, 0.1) is 12.4 Å². The molecule has 1 rings (SSSR count). The van der Waals surface area contributed by atoms with Crippen LogP contribution in [0.3, 0.4) is 0 Å². The van der Waals surface area contributed by atoms with Gasteiger partial charge >= 0.3 is 0 Å². The summed E-state index contributed by atoms with van der Waals surface area (Å²) in [5.41, 5.74) is 0.937. The van der Waals surface area contributed by atoms with Crippen LogP contribution in [0.15, 0.2) is 11.3 Å². The summed E-state index contributed by atoms with van der Waals surface area (Å²) < 4.78 is 5.47. The molecule has 0 atom stereocenters. The standard InChI is InChI=1S/C8H14O2/c1-6-7(5-9)4-8(2,3)10-6/h9H,4-5H2,1-3H3. The minimum atomic E-state index is -0.0951. The highest BCUT2D eigenvalue weighted by molar-refractivity contribution is 5.16. The first-order valence-electron chi connectivity index (χ1n) is 3.54. The van der Waals surface area contributed by atoms with E-state index in [1.165, 1.54) is 0 Å². The minimum absolute atomic E-state index is 0.0951. The Morgan fingerprint density at radius 2 is 2.20 bits per heavy atom. The maximum absolute atomic E-state index is 8.83. The van der Waals surface area contributed by atoms with Crippen LogP contribution < -0.4 is 0 Å². The van der Waals surface area contributed by atoms with Gasteiger partial charge in [-0.2, -0.15) is 0 Å². The van der Waals surface area contributed by atoms with E-state index in [4.69, 9.17) is 9.84 Å². The summed E-state index contributed by atoms with van der Waals surface area (Å²) in [5, 5.41) is 8.83. The lowest BCUT2D eigenvalue weighted by molar-refractivity contribution is 0.0624. The molecule has 1 N–H and O–H groups in total. The van der Waals surface area contributed by atoms with Crippen LogP contribution in [0.4, 0.5) is 0 Å². The van der Waals surface area contributed by atoms with E-state index in [9.17, 15) is 0 Å². The van der Waals surface area contributed by atoms with Crippen LogP contribution in [-0.4, -0.2) is 17.3 Å². The Hall–Kier alpha value is -0.500. The second-order valence-electron chi connectivity index (χ2n) is 3.36. The Morgan fingerprint density at radius 1 is 1.60 bits per heavy atom. The third kappa shape index (κ3) is 1.32. The fraction of sp³-hybridized carbons (Fsp3) is 0.750. The summed E-state index contributed by atoms with van der Waals surface area (Å²) in [4.78, 5) is 0. The zero-order valence-corrected chi connectivity index (χ0v) is 6.77. The van der Waals surface area contributed by atoms with Gasteiger partial charge in [0.1, 0.15) is 5.60 Å². The maximum Gasteiger partial charge on any atom is 0.107 e. The number of ether oxygens (including phenoxy) is 1. The van der Waals surface area contributed by atoms with Crippen LogP contribution in [0.25, 0.3) is 0 Å². The van der Waals surface area contributed by atoms with E-state index in [1.54, 1.807) is 0 Å². The van der Waals surface area contributed by atoms with Crippen molar-refractivity contribution in [2.45, 2.75) is 32.8 Å². The van der Waals surface area contributed by atoms with Gasteiger partial charge in [0, 0.05) is 6.42 Å². The topological polar surface area (TPSA) is 29.5 Å². The van der Waals surface area contributed by atoms with Gasteiger partial charge in [-0.25, -0.2) is 0 Å². The molecule has 0 aromatic rings. The molecular weight excluding hydrogens is 128 g/mol. The van der Waals surface area contributed by atoms with Gasteiger partial charge in [-0.1, -0.05) is 0 Å². The fourth-order valence-electron chi connectivity index (χ4n) is 1.33. The van der Waals surface area contributed by atoms with Crippen LogP contribution in [0.5, 0.6) is 0 Å². The van der Waals surface area contributed by atoms with E-state index in [2.05, 4.69) is 0 Å². The van der Waals surface area contributed by atoms with Crippen LogP contribution >= 0.6 is 0 Å². The quantitative estimate of drug-likeness (QED) is 0.600. The molecule has 0 amide bonds. The molecule has 0 fully saturated rings. The summed E-state index contributed by atoms with van der Waals surface area (Å²) in [6.07, 6.45) is 0.856. The summed E-state index contributed by atoms with van der Waals surface area (Å²) in [6, 6.07) is 0. The monoisotopic (exact) mass is 142 g/mol. The third-order valence-electron chi connectivity index (χ3n) is 1.76. The van der Waals surface area contributed by atoms with E-state index in [1.807, 2.05) is 20.8 Å². The number of allylic oxidation sites excluding steroid dienone is 1. The van der Waals surface area contributed by atoms with Crippen molar-refractivity contribution in [2.75, 3.05) is 6.61 Å². The molecule has 0 aliphatic carbocycles. The van der Waals surface area contributed by atoms with Crippen molar-refractivity contribution in [3.05, 3.63) is 11.3 Å². The fourth-order valence-corrected chi connectivity index (χ4v) is 1.33. The summed E-state index contributed by atoms with van der Waals surface area (Å²) in [5.74, 6) is 0.896. The summed E-state index contributed by atoms with van der Waals surface area (Å²) in [7, 11) is 0. The lowest BCUT2D eigenvalue weighted by atomic mass is 10.0. The Kier molecular flexibility index (Phi) is 1.73. The van der Waals surface area contributed by atoms with Crippen LogP contribution in [-0.2, 0) is 4.74 Å². The Morgan fingerprint density at radius 3 is 2.40 bits per heavy atom. The van der Waals surface area contributed by atoms with Gasteiger partial charge in [-0.3, -0.25) is 0 Å². The van der Waals surface area contributed by atoms with Crippen molar-refractivity contribution in [1.82, 2.24) is 0 Å². The molecule has 0 saturated heterocycles. The van der Waals surface area contributed by atoms with Crippen LogP contribution in [0, 0.1) is 0 Å². The molecule has 0 radical (unpaired) electrons. The molecule has 0 aromatic carbocycles. The lowest BCUT2D eigenvalue weighted by Gasteiger charge is -2.18. The van der Waals surface area contributed by atoms with E-state index in [0.717, 1.165) is 17.8 Å². The number of aliphatic hydroxyl groups is 1. The van der Waals surface area contributed by atoms with Crippen LogP contribution in [0.1, 0.15) is 27.2 Å². The SMILES string of the molecule is CC1=C(CO)CC(C)(C)O1. The van der Waals surface area contributed by atoms with Crippen molar-refractivity contribution in [3.8, 4) is 0 Å². The minimum Gasteiger partial charge on any atom is -0.492 e. The highest BCUT2D eigenvalue weighted by atomic mass is 16.5. The van der Waals surface area contributed by atoms with E-state index in [-0.39, 0.29) is 12.2 Å². The third-order valence-corrected chi connectivity index (χ3v) is 1.76. The van der Waals surface area contributed by atoms with Crippen molar-refractivity contribution >= 4 is 0 Å². The zero-order chi connectivity index (χ0) is 7.78. The molecule has 1 aliphatic rings. The predicted octanol–water partition coefficient (Wildman–Crippen LogP) is 1.45. The van der Waals surface area contributed by atoms with Gasteiger partial charge in [0.2, 0.25) is 0 Å². The zero-order valence-electron chi connectivity index (χ0n) is 6.77. The molecule has 0 bridgehead atoms. The Labute approximate surface area is 61.5 Å². The van der Waals surface area contributed by atoms with E-state index in [0.29, 0.717) is 0 Å². The second-order valence-corrected chi connectivity index (χ2v) is 3.36. The number of hydrogen-bond donors (Lipinski definition) is 1. The molecule has 0 spiro atoms. The van der Waals surface area contributed by atoms with Crippen molar-refractivity contribution in [3.63, 3.8) is 0 Å². The largest absolute Gasteiger partial charge is 0.492 e. The molecule has 1 aliphatic heterocycles. The molecule has 58 valence electrons. The molecule has 0 unspecified atom stereocenters. The number of aliphatic hydroxyl groups excluding tert-OH is 1. The number of rotatable bonds is 1. The average molecular weight is 142 g/mol. The highest BCUT2D eigenvalue weighted by Gasteiger charge is 2.29. The Bertz CT molecular complexity index is 168.